The van der Waals surface area contributed by atoms with E-state index in [1.807, 2.05) is 0 Å². The van der Waals surface area contributed by atoms with E-state index < -0.39 is 48.3 Å². The maximum absolute atomic E-state index is 13.2. The summed E-state index contributed by atoms with van der Waals surface area (Å²) in [7, 11) is 0. The van der Waals surface area contributed by atoms with E-state index in [0.29, 0.717) is 0 Å². The first kappa shape index (κ1) is 20.1. The number of hydrogen-bond acceptors (Lipinski definition) is 4. The Hall–Kier alpha value is -3.18. The Morgan fingerprint density at radius 3 is 2.50 bits per heavy atom. The Labute approximate surface area is 165 Å². The lowest BCUT2D eigenvalue weighted by Crippen LogP contribution is -2.37. The molecule has 0 aliphatic heterocycles. The van der Waals surface area contributed by atoms with Gasteiger partial charge in [-0.3, -0.25) is 10.1 Å². The van der Waals surface area contributed by atoms with Crippen LogP contribution in [0.15, 0.2) is 30.5 Å². The van der Waals surface area contributed by atoms with Gasteiger partial charge >= 0.3 is 6.18 Å². The lowest BCUT2D eigenvalue weighted by atomic mass is 9.79. The molecule has 1 aliphatic carbocycles. The number of carbonyl (C=O) groups is 1. The van der Waals surface area contributed by atoms with Crippen LogP contribution in [0.2, 0.25) is 0 Å². The highest BCUT2D eigenvalue weighted by Gasteiger charge is 2.45. The number of pyridine rings is 2. The second-order valence-corrected chi connectivity index (χ2v) is 7.02. The lowest BCUT2D eigenvalue weighted by molar-refractivity contribution is -0.141. The number of rotatable bonds is 4. The van der Waals surface area contributed by atoms with Gasteiger partial charge < -0.3 is 0 Å². The van der Waals surface area contributed by atoms with Gasteiger partial charge in [0.15, 0.2) is 5.65 Å². The number of aromatic nitrogens is 4. The molecule has 1 amide bonds. The molecule has 6 nitrogen and oxygen atoms in total. The fourth-order valence-electron chi connectivity index (χ4n) is 3.28. The van der Waals surface area contributed by atoms with Gasteiger partial charge in [-0.15, -0.1) is 0 Å². The summed E-state index contributed by atoms with van der Waals surface area (Å²) in [6.07, 6.45) is -4.90. The Bertz CT molecular complexity index is 1100. The van der Waals surface area contributed by atoms with Gasteiger partial charge in [0.2, 0.25) is 17.8 Å². The molecule has 0 atom stereocenters. The molecule has 0 aromatic carbocycles. The maximum Gasteiger partial charge on any atom is 0.433 e. The molecular formula is C18H13F6N5O. The number of anilines is 1. The molecule has 3 aromatic heterocycles. The Morgan fingerprint density at radius 1 is 1.17 bits per heavy atom. The highest BCUT2D eigenvalue weighted by atomic mass is 19.4. The van der Waals surface area contributed by atoms with E-state index in [0.717, 1.165) is 29.0 Å². The van der Waals surface area contributed by atoms with Crippen LogP contribution < -0.4 is 5.32 Å². The molecule has 0 saturated heterocycles. The zero-order chi connectivity index (χ0) is 21.7. The predicted molar refractivity (Wildman–Crippen MR) is 92.5 cm³/mol. The number of hydrogen-bond donors (Lipinski definition) is 1. The summed E-state index contributed by atoms with van der Waals surface area (Å²) in [5.74, 6) is -4.83. The second-order valence-electron chi connectivity index (χ2n) is 7.02. The molecular weight excluding hydrogens is 416 g/mol. The molecule has 1 aliphatic rings. The standard InChI is InChI=1S/C18H13F6N5O/c19-10-1-4-13(25-8-10)29-15-11(2-3-12(27-15)18(22,23)24)26-16(29)28-14(30)5-9-6-17(20,21)7-9/h1-4,8-9H,5-7H2,(H,26,28,30). The molecule has 0 unspecified atom stereocenters. The summed E-state index contributed by atoms with van der Waals surface area (Å²) in [5.41, 5.74) is -1.41. The molecule has 1 saturated carbocycles. The third kappa shape index (κ3) is 3.94. The average Bonchev–Trinajstić information content (AvgIpc) is 2.97. The highest BCUT2D eigenvalue weighted by Crippen LogP contribution is 2.44. The van der Waals surface area contributed by atoms with Crippen molar-refractivity contribution in [1.29, 1.82) is 0 Å². The minimum absolute atomic E-state index is 0.0274. The summed E-state index contributed by atoms with van der Waals surface area (Å²) in [4.78, 5) is 23.7. The van der Waals surface area contributed by atoms with E-state index in [9.17, 15) is 31.1 Å². The van der Waals surface area contributed by atoms with Crippen molar-refractivity contribution in [2.45, 2.75) is 31.4 Å². The van der Waals surface area contributed by atoms with E-state index in [1.165, 1.54) is 6.07 Å². The molecule has 0 bridgehead atoms. The van der Waals surface area contributed by atoms with Crippen LogP contribution in [-0.4, -0.2) is 31.3 Å². The monoisotopic (exact) mass is 429 g/mol. The first-order chi connectivity index (χ1) is 14.0. The topological polar surface area (TPSA) is 72.7 Å². The van der Waals surface area contributed by atoms with E-state index in [4.69, 9.17) is 0 Å². The Kier molecular flexibility index (Phi) is 4.66. The fraction of sp³-hybridized carbons (Fsp3) is 0.333. The molecule has 3 heterocycles. The number of amides is 1. The SMILES string of the molecule is O=C(CC1CC(F)(F)C1)Nc1nc2ccc(C(F)(F)F)nc2n1-c1ccc(F)cn1. The molecule has 3 aromatic rings. The second kappa shape index (κ2) is 6.96. The van der Waals surface area contributed by atoms with Crippen molar-refractivity contribution >= 4 is 23.0 Å². The van der Waals surface area contributed by atoms with Gasteiger partial charge in [0.05, 0.1) is 6.20 Å². The molecule has 4 rings (SSSR count). The van der Waals surface area contributed by atoms with Crippen LogP contribution in [0.4, 0.5) is 32.3 Å². The van der Waals surface area contributed by atoms with Gasteiger partial charge in [0, 0.05) is 19.3 Å². The van der Waals surface area contributed by atoms with Crippen molar-refractivity contribution in [2.75, 3.05) is 5.32 Å². The Morgan fingerprint density at radius 2 is 1.90 bits per heavy atom. The van der Waals surface area contributed by atoms with Gasteiger partial charge in [-0.05, 0) is 30.2 Å². The molecule has 0 radical (unpaired) electrons. The molecule has 12 heteroatoms. The summed E-state index contributed by atoms with van der Waals surface area (Å²) in [6.45, 7) is 0. The summed E-state index contributed by atoms with van der Waals surface area (Å²) >= 11 is 0. The highest BCUT2D eigenvalue weighted by molar-refractivity contribution is 5.92. The first-order valence-corrected chi connectivity index (χ1v) is 8.78. The lowest BCUT2D eigenvalue weighted by Gasteiger charge is -2.34. The zero-order valence-electron chi connectivity index (χ0n) is 15.1. The van der Waals surface area contributed by atoms with E-state index in [-0.39, 0.29) is 29.4 Å². The van der Waals surface area contributed by atoms with Crippen molar-refractivity contribution in [3.8, 4) is 5.82 Å². The van der Waals surface area contributed by atoms with Gasteiger partial charge in [0.1, 0.15) is 22.8 Å². The number of imidazole rings is 1. The van der Waals surface area contributed by atoms with E-state index in [2.05, 4.69) is 20.3 Å². The van der Waals surface area contributed by atoms with Gasteiger partial charge in [0.25, 0.3) is 0 Å². The molecule has 1 fully saturated rings. The quantitative estimate of drug-likeness (QED) is 0.626. The van der Waals surface area contributed by atoms with Crippen LogP contribution >= 0.6 is 0 Å². The normalized spacial score (nSPS) is 16.5. The van der Waals surface area contributed by atoms with Crippen molar-refractivity contribution < 1.29 is 31.1 Å². The number of carbonyl (C=O) groups excluding carboxylic acids is 1. The molecule has 30 heavy (non-hydrogen) atoms. The number of nitrogens with zero attached hydrogens (tertiary/aromatic N) is 4. The van der Waals surface area contributed by atoms with Gasteiger partial charge in [-0.1, -0.05) is 0 Å². The van der Waals surface area contributed by atoms with E-state index in [1.54, 1.807) is 0 Å². The number of halogens is 6. The van der Waals surface area contributed by atoms with Crippen LogP contribution in [0, 0.1) is 11.7 Å². The molecule has 1 N–H and O–H groups in total. The predicted octanol–water partition coefficient (Wildman–Crippen LogP) is 4.35. The summed E-state index contributed by atoms with van der Waals surface area (Å²) < 4.78 is 79.5. The minimum atomic E-state index is -4.72. The third-order valence-corrected chi connectivity index (χ3v) is 4.64. The van der Waals surface area contributed by atoms with Crippen molar-refractivity contribution in [3.63, 3.8) is 0 Å². The van der Waals surface area contributed by atoms with Gasteiger partial charge in [-0.25, -0.2) is 32.7 Å². The largest absolute Gasteiger partial charge is 0.433 e. The number of fused-ring (bicyclic) bond motifs is 1. The van der Waals surface area contributed by atoms with Crippen molar-refractivity contribution in [1.82, 2.24) is 19.5 Å². The number of alkyl halides is 5. The van der Waals surface area contributed by atoms with Crippen molar-refractivity contribution in [3.05, 3.63) is 42.0 Å². The van der Waals surface area contributed by atoms with Crippen LogP contribution in [-0.2, 0) is 11.0 Å². The smallest absolute Gasteiger partial charge is 0.296 e. The molecule has 0 spiro atoms. The maximum atomic E-state index is 13.2. The summed E-state index contributed by atoms with van der Waals surface area (Å²) in [6, 6.07) is 4.03. The van der Waals surface area contributed by atoms with Crippen LogP contribution in [0.25, 0.3) is 17.0 Å². The van der Waals surface area contributed by atoms with E-state index >= 15 is 0 Å². The Balaban J connectivity index is 1.71. The van der Waals surface area contributed by atoms with Crippen LogP contribution in [0.3, 0.4) is 0 Å². The zero-order valence-corrected chi connectivity index (χ0v) is 15.1. The van der Waals surface area contributed by atoms with Crippen molar-refractivity contribution in [2.24, 2.45) is 5.92 Å². The minimum Gasteiger partial charge on any atom is -0.296 e. The third-order valence-electron chi connectivity index (χ3n) is 4.64. The number of nitrogens with one attached hydrogen (secondary N) is 1. The summed E-state index contributed by atoms with van der Waals surface area (Å²) in [5, 5.41) is 2.41. The fourth-order valence-corrected chi connectivity index (χ4v) is 3.28. The molecule has 158 valence electrons. The van der Waals surface area contributed by atoms with Crippen LogP contribution in [0.1, 0.15) is 25.0 Å². The van der Waals surface area contributed by atoms with Gasteiger partial charge in [-0.2, -0.15) is 13.2 Å². The van der Waals surface area contributed by atoms with Crippen LogP contribution in [0.5, 0.6) is 0 Å². The first-order valence-electron chi connectivity index (χ1n) is 8.78. The average molecular weight is 429 g/mol.